The maximum absolute atomic E-state index is 12.1. The molecule has 1 heterocycles. The Hall–Kier alpha value is -3.00. The Morgan fingerprint density at radius 1 is 1.26 bits per heavy atom. The molecule has 1 amide bonds. The molecule has 0 radical (unpaired) electrons. The van der Waals surface area contributed by atoms with Gasteiger partial charge < -0.3 is 14.8 Å². The van der Waals surface area contributed by atoms with Crippen LogP contribution in [0.5, 0.6) is 11.5 Å². The number of ether oxygens (including phenoxy) is 2. The zero-order chi connectivity index (χ0) is 16.1. The van der Waals surface area contributed by atoms with E-state index in [1.807, 2.05) is 30.3 Å². The average Bonchev–Trinajstić information content (AvgIpc) is 2.61. The lowest BCUT2D eigenvalue weighted by atomic mass is 10.0. The largest absolute Gasteiger partial charge is 0.493 e. The maximum Gasteiger partial charge on any atom is 0.258 e. The fourth-order valence-electron chi connectivity index (χ4n) is 2.50. The van der Waals surface area contributed by atoms with Gasteiger partial charge in [-0.25, -0.2) is 0 Å². The Bertz CT molecular complexity index is 735. The van der Waals surface area contributed by atoms with Gasteiger partial charge >= 0.3 is 0 Å². The highest BCUT2D eigenvalue weighted by molar-refractivity contribution is 5.78. The molecule has 2 aromatic carbocycles. The van der Waals surface area contributed by atoms with Crippen molar-refractivity contribution in [1.29, 1.82) is 5.26 Å². The molecular formula is C18H16N2O3. The number of amides is 1. The van der Waals surface area contributed by atoms with E-state index in [1.54, 1.807) is 24.3 Å². The molecule has 0 aromatic heterocycles. The van der Waals surface area contributed by atoms with Crippen molar-refractivity contribution in [2.45, 2.75) is 12.5 Å². The van der Waals surface area contributed by atoms with Crippen molar-refractivity contribution >= 4 is 5.91 Å². The van der Waals surface area contributed by atoms with Gasteiger partial charge in [-0.3, -0.25) is 4.79 Å². The first-order valence-corrected chi connectivity index (χ1v) is 7.40. The first-order valence-electron chi connectivity index (χ1n) is 7.40. The zero-order valence-corrected chi connectivity index (χ0v) is 12.5. The van der Waals surface area contributed by atoms with E-state index in [0.29, 0.717) is 17.9 Å². The molecule has 5 heteroatoms. The lowest BCUT2D eigenvalue weighted by molar-refractivity contribution is -0.124. The van der Waals surface area contributed by atoms with Crippen LogP contribution in [0.15, 0.2) is 48.5 Å². The summed E-state index contributed by atoms with van der Waals surface area (Å²) in [5.74, 6) is 1.19. The quantitative estimate of drug-likeness (QED) is 0.942. The molecule has 0 unspecified atom stereocenters. The number of rotatable bonds is 4. The Morgan fingerprint density at radius 2 is 2.04 bits per heavy atom. The van der Waals surface area contributed by atoms with Crippen LogP contribution in [0.3, 0.4) is 0 Å². The minimum atomic E-state index is -0.184. The number of fused-ring (bicyclic) bond motifs is 1. The molecule has 0 saturated heterocycles. The van der Waals surface area contributed by atoms with Crippen molar-refractivity contribution in [2.75, 3.05) is 13.2 Å². The Morgan fingerprint density at radius 3 is 2.83 bits per heavy atom. The van der Waals surface area contributed by atoms with Crippen LogP contribution >= 0.6 is 0 Å². The van der Waals surface area contributed by atoms with Crippen molar-refractivity contribution in [3.05, 3.63) is 59.7 Å². The molecule has 0 fully saturated rings. The molecule has 1 N–H and O–H groups in total. The number of carbonyl (C=O) groups is 1. The highest BCUT2D eigenvalue weighted by Gasteiger charge is 2.22. The van der Waals surface area contributed by atoms with Crippen LogP contribution in [-0.4, -0.2) is 19.1 Å². The molecule has 0 bridgehead atoms. The third kappa shape index (κ3) is 3.61. The van der Waals surface area contributed by atoms with E-state index in [1.165, 1.54) is 0 Å². The van der Waals surface area contributed by atoms with E-state index >= 15 is 0 Å². The van der Waals surface area contributed by atoms with E-state index in [9.17, 15) is 4.79 Å². The van der Waals surface area contributed by atoms with Crippen molar-refractivity contribution in [3.8, 4) is 17.6 Å². The van der Waals surface area contributed by atoms with Crippen LogP contribution in [0, 0.1) is 11.3 Å². The maximum atomic E-state index is 12.1. The number of carbonyl (C=O) groups excluding carboxylic acids is 1. The normalized spacial score (nSPS) is 15.7. The van der Waals surface area contributed by atoms with Crippen molar-refractivity contribution < 1.29 is 14.3 Å². The molecule has 1 aliphatic rings. The molecule has 0 saturated carbocycles. The van der Waals surface area contributed by atoms with Gasteiger partial charge in [-0.05, 0) is 30.3 Å². The number of benzene rings is 2. The summed E-state index contributed by atoms with van der Waals surface area (Å²) in [6.07, 6.45) is 0.736. The summed E-state index contributed by atoms with van der Waals surface area (Å²) >= 11 is 0. The van der Waals surface area contributed by atoms with Gasteiger partial charge in [0.15, 0.2) is 6.61 Å². The summed E-state index contributed by atoms with van der Waals surface area (Å²) < 4.78 is 11.0. The number of hydrogen-bond donors (Lipinski definition) is 1. The van der Waals surface area contributed by atoms with Gasteiger partial charge in [-0.1, -0.05) is 18.2 Å². The smallest absolute Gasteiger partial charge is 0.258 e. The average molecular weight is 308 g/mol. The van der Waals surface area contributed by atoms with Gasteiger partial charge in [0.1, 0.15) is 11.5 Å². The number of nitrogens with zero attached hydrogens (tertiary/aromatic N) is 1. The molecular weight excluding hydrogens is 292 g/mol. The topological polar surface area (TPSA) is 71.3 Å². The highest BCUT2D eigenvalue weighted by Crippen LogP contribution is 2.31. The van der Waals surface area contributed by atoms with Crippen LogP contribution in [0.25, 0.3) is 0 Å². The summed E-state index contributed by atoms with van der Waals surface area (Å²) in [6, 6.07) is 16.3. The highest BCUT2D eigenvalue weighted by atomic mass is 16.5. The van der Waals surface area contributed by atoms with Crippen LogP contribution in [0.1, 0.15) is 23.6 Å². The summed E-state index contributed by atoms with van der Waals surface area (Å²) in [7, 11) is 0. The SMILES string of the molecule is N#Cc1ccc(OCC(=O)N[C@H]2CCOc3ccccc32)cc1. The minimum Gasteiger partial charge on any atom is -0.493 e. The van der Waals surface area contributed by atoms with Gasteiger partial charge in [0.25, 0.3) is 5.91 Å². The second-order valence-corrected chi connectivity index (χ2v) is 5.22. The first-order chi connectivity index (χ1) is 11.3. The standard InChI is InChI=1S/C18H16N2O3/c19-11-13-5-7-14(8-6-13)23-12-18(21)20-16-9-10-22-17-4-2-1-3-15(16)17/h1-8,16H,9-10,12H2,(H,20,21)/t16-/m0/s1. The van der Waals surface area contributed by atoms with Crippen molar-refractivity contribution in [2.24, 2.45) is 0 Å². The predicted octanol–water partition coefficient (Wildman–Crippen LogP) is 2.58. The predicted molar refractivity (Wildman–Crippen MR) is 84.1 cm³/mol. The van der Waals surface area contributed by atoms with Gasteiger partial charge in [-0.2, -0.15) is 5.26 Å². The fraction of sp³-hybridized carbons (Fsp3) is 0.222. The van der Waals surface area contributed by atoms with Crippen LogP contribution in [0.2, 0.25) is 0 Å². The molecule has 0 spiro atoms. The fourth-order valence-corrected chi connectivity index (χ4v) is 2.50. The summed E-state index contributed by atoms with van der Waals surface area (Å²) in [4.78, 5) is 12.1. The number of nitriles is 1. The third-order valence-corrected chi connectivity index (χ3v) is 3.65. The first kappa shape index (κ1) is 14.9. The second kappa shape index (κ2) is 6.84. The molecule has 23 heavy (non-hydrogen) atoms. The number of nitrogens with one attached hydrogen (secondary N) is 1. The van der Waals surface area contributed by atoms with Gasteiger partial charge in [0, 0.05) is 12.0 Å². The summed E-state index contributed by atoms with van der Waals surface area (Å²) in [6.45, 7) is 0.518. The van der Waals surface area contributed by atoms with E-state index in [2.05, 4.69) is 5.32 Å². The molecule has 3 rings (SSSR count). The van der Waals surface area contributed by atoms with E-state index in [4.69, 9.17) is 14.7 Å². The number of hydrogen-bond acceptors (Lipinski definition) is 4. The van der Waals surface area contributed by atoms with Crippen LogP contribution < -0.4 is 14.8 Å². The van der Waals surface area contributed by atoms with E-state index in [-0.39, 0.29) is 18.6 Å². The van der Waals surface area contributed by atoms with Crippen LogP contribution in [-0.2, 0) is 4.79 Å². The van der Waals surface area contributed by atoms with Gasteiger partial charge in [0.2, 0.25) is 0 Å². The molecule has 1 aliphatic heterocycles. The third-order valence-electron chi connectivity index (χ3n) is 3.65. The monoisotopic (exact) mass is 308 g/mol. The summed E-state index contributed by atoms with van der Waals surface area (Å²) in [5, 5.41) is 11.7. The molecule has 5 nitrogen and oxygen atoms in total. The lowest BCUT2D eigenvalue weighted by Gasteiger charge is -2.26. The summed E-state index contributed by atoms with van der Waals surface area (Å²) in [5.41, 5.74) is 1.55. The molecule has 0 aliphatic carbocycles. The van der Waals surface area contributed by atoms with Crippen LogP contribution in [0.4, 0.5) is 0 Å². The zero-order valence-electron chi connectivity index (χ0n) is 12.5. The Balaban J connectivity index is 1.57. The lowest BCUT2D eigenvalue weighted by Crippen LogP contribution is -2.35. The number of para-hydroxylation sites is 1. The van der Waals surface area contributed by atoms with Crippen molar-refractivity contribution in [1.82, 2.24) is 5.32 Å². The molecule has 2 aromatic rings. The molecule has 116 valence electrons. The van der Waals surface area contributed by atoms with Crippen molar-refractivity contribution in [3.63, 3.8) is 0 Å². The molecule has 1 atom stereocenters. The van der Waals surface area contributed by atoms with Gasteiger partial charge in [0.05, 0.1) is 24.3 Å². The van der Waals surface area contributed by atoms with E-state index < -0.39 is 0 Å². The minimum absolute atomic E-state index is 0.0583. The second-order valence-electron chi connectivity index (χ2n) is 5.22. The Kier molecular flexibility index (Phi) is 4.44. The van der Waals surface area contributed by atoms with Gasteiger partial charge in [-0.15, -0.1) is 0 Å². The Labute approximate surface area is 134 Å². The van der Waals surface area contributed by atoms with E-state index in [0.717, 1.165) is 17.7 Å².